The summed E-state index contributed by atoms with van der Waals surface area (Å²) in [7, 11) is -1.54. The van der Waals surface area contributed by atoms with Crippen LogP contribution in [0.3, 0.4) is 0 Å². The van der Waals surface area contributed by atoms with E-state index < -0.39 is 10.0 Å². The van der Waals surface area contributed by atoms with Crippen molar-refractivity contribution in [3.63, 3.8) is 0 Å². The van der Waals surface area contributed by atoms with Crippen molar-refractivity contribution in [3.8, 4) is 11.5 Å². The Labute approximate surface area is 125 Å². The Bertz CT molecular complexity index is 599. The smallest absolute Gasteiger partial charge is 0.211 e. The summed E-state index contributed by atoms with van der Waals surface area (Å²) in [5.74, 6) is 1.95. The van der Waals surface area contributed by atoms with Gasteiger partial charge in [0.2, 0.25) is 10.0 Å². The molecule has 21 heavy (non-hydrogen) atoms. The van der Waals surface area contributed by atoms with Crippen molar-refractivity contribution in [1.29, 1.82) is 0 Å². The van der Waals surface area contributed by atoms with Gasteiger partial charge in [-0.15, -0.1) is 0 Å². The summed E-state index contributed by atoms with van der Waals surface area (Å²) >= 11 is 0. The molecule has 2 fully saturated rings. The number of fused-ring (bicyclic) bond motifs is 2. The number of sulfonamides is 1. The number of piperidine rings is 1. The van der Waals surface area contributed by atoms with Crippen LogP contribution < -0.4 is 9.47 Å². The maximum absolute atomic E-state index is 12.0. The molecule has 2 bridgehead atoms. The number of ether oxygens (including phenoxy) is 2. The van der Waals surface area contributed by atoms with Crippen LogP contribution in [-0.4, -0.2) is 44.8 Å². The fourth-order valence-corrected chi connectivity index (χ4v) is 5.09. The lowest BCUT2D eigenvalue weighted by atomic mass is 10.0. The molecule has 116 valence electrons. The van der Waals surface area contributed by atoms with E-state index in [2.05, 4.69) is 0 Å². The van der Waals surface area contributed by atoms with Crippen molar-refractivity contribution in [3.05, 3.63) is 24.3 Å². The van der Waals surface area contributed by atoms with Crippen LogP contribution in [0.2, 0.25) is 0 Å². The predicted octanol–water partition coefficient (Wildman–Crippen LogP) is 1.89. The number of nitrogens with zero attached hydrogens (tertiary/aromatic N) is 1. The molecule has 3 atom stereocenters. The van der Waals surface area contributed by atoms with Crippen molar-refractivity contribution in [2.45, 2.75) is 31.3 Å². The monoisotopic (exact) mass is 311 g/mol. The minimum Gasteiger partial charge on any atom is -0.497 e. The Hall–Kier alpha value is -1.27. The SMILES string of the molecule is COc1ccc(OC[C@H]2[C@@H]3CC[C@@H](C3)N2S(C)(=O)=O)cc1. The second-order valence-electron chi connectivity index (χ2n) is 5.87. The molecule has 1 aliphatic carbocycles. The van der Waals surface area contributed by atoms with Crippen molar-refractivity contribution in [2.75, 3.05) is 20.0 Å². The van der Waals surface area contributed by atoms with Gasteiger partial charge in [-0.3, -0.25) is 0 Å². The van der Waals surface area contributed by atoms with Gasteiger partial charge < -0.3 is 9.47 Å². The number of benzene rings is 1. The molecular formula is C15H21NO4S. The van der Waals surface area contributed by atoms with Gasteiger partial charge in [-0.1, -0.05) is 0 Å². The average Bonchev–Trinajstić information content (AvgIpc) is 3.05. The highest BCUT2D eigenvalue weighted by Gasteiger charge is 2.50. The third-order valence-electron chi connectivity index (χ3n) is 4.54. The average molecular weight is 311 g/mol. The molecule has 1 aromatic rings. The zero-order valence-electron chi connectivity index (χ0n) is 12.4. The van der Waals surface area contributed by atoms with E-state index in [-0.39, 0.29) is 12.1 Å². The van der Waals surface area contributed by atoms with Crippen LogP contribution in [0.1, 0.15) is 19.3 Å². The highest BCUT2D eigenvalue weighted by Crippen LogP contribution is 2.43. The zero-order chi connectivity index (χ0) is 15.0. The van der Waals surface area contributed by atoms with Gasteiger partial charge in [-0.05, 0) is 49.4 Å². The minimum absolute atomic E-state index is 0.0270. The molecule has 1 saturated carbocycles. The third-order valence-corrected chi connectivity index (χ3v) is 5.87. The minimum atomic E-state index is -3.16. The Kier molecular flexibility index (Phi) is 3.84. The standard InChI is InChI=1S/C15H21NO4S/c1-19-13-5-7-14(8-6-13)20-10-15-11-3-4-12(9-11)16(15)21(2,17)18/h5-8,11-12,15H,3-4,9-10H2,1-2H3/t11-,12+,15+/m1/s1. The lowest BCUT2D eigenvalue weighted by Gasteiger charge is -2.33. The van der Waals surface area contributed by atoms with Crippen molar-refractivity contribution >= 4 is 10.0 Å². The van der Waals surface area contributed by atoms with Crippen molar-refractivity contribution in [1.82, 2.24) is 4.31 Å². The molecule has 1 aliphatic heterocycles. The molecule has 1 saturated heterocycles. The van der Waals surface area contributed by atoms with Gasteiger partial charge in [-0.2, -0.15) is 4.31 Å². The molecule has 0 radical (unpaired) electrons. The lowest BCUT2D eigenvalue weighted by molar-refractivity contribution is 0.163. The lowest BCUT2D eigenvalue weighted by Crippen LogP contribution is -2.47. The van der Waals surface area contributed by atoms with Crippen LogP contribution in [-0.2, 0) is 10.0 Å². The Morgan fingerprint density at radius 3 is 2.48 bits per heavy atom. The van der Waals surface area contributed by atoms with E-state index in [1.807, 2.05) is 24.3 Å². The normalized spacial score (nSPS) is 28.8. The second kappa shape index (κ2) is 5.50. The number of hydrogen-bond acceptors (Lipinski definition) is 4. The van der Waals surface area contributed by atoms with Crippen LogP contribution in [0, 0.1) is 5.92 Å². The first-order valence-corrected chi connectivity index (χ1v) is 9.09. The molecule has 6 heteroatoms. The van der Waals surface area contributed by atoms with Crippen LogP contribution in [0.4, 0.5) is 0 Å². The molecule has 0 N–H and O–H groups in total. The van der Waals surface area contributed by atoms with E-state index in [1.54, 1.807) is 11.4 Å². The zero-order valence-corrected chi connectivity index (χ0v) is 13.2. The maximum atomic E-state index is 12.0. The molecule has 0 spiro atoms. The molecule has 1 aromatic carbocycles. The molecule has 5 nitrogen and oxygen atoms in total. The Balaban J connectivity index is 1.68. The largest absolute Gasteiger partial charge is 0.497 e. The topological polar surface area (TPSA) is 55.8 Å². The van der Waals surface area contributed by atoms with E-state index in [0.29, 0.717) is 12.5 Å². The van der Waals surface area contributed by atoms with Crippen LogP contribution in [0.5, 0.6) is 11.5 Å². The predicted molar refractivity (Wildman–Crippen MR) is 80.1 cm³/mol. The first kappa shape index (κ1) is 14.7. The van der Waals surface area contributed by atoms with Gasteiger partial charge in [0.05, 0.1) is 19.4 Å². The van der Waals surface area contributed by atoms with Gasteiger partial charge in [0.15, 0.2) is 0 Å². The maximum Gasteiger partial charge on any atom is 0.211 e. The summed E-state index contributed by atoms with van der Waals surface area (Å²) in [6.45, 7) is 0.417. The molecule has 0 unspecified atom stereocenters. The first-order chi connectivity index (χ1) is 9.99. The highest BCUT2D eigenvalue weighted by atomic mass is 32.2. The second-order valence-corrected chi connectivity index (χ2v) is 7.76. The molecule has 1 heterocycles. The fraction of sp³-hybridized carbons (Fsp3) is 0.600. The summed E-state index contributed by atoms with van der Waals surface area (Å²) in [6.07, 6.45) is 4.36. The van der Waals surface area contributed by atoms with E-state index in [1.165, 1.54) is 6.26 Å². The first-order valence-electron chi connectivity index (χ1n) is 7.24. The van der Waals surface area contributed by atoms with Crippen LogP contribution in [0.15, 0.2) is 24.3 Å². The van der Waals surface area contributed by atoms with Gasteiger partial charge in [0, 0.05) is 6.04 Å². The summed E-state index contributed by atoms with van der Waals surface area (Å²) < 4.78 is 36.5. The summed E-state index contributed by atoms with van der Waals surface area (Å²) in [4.78, 5) is 0. The highest BCUT2D eigenvalue weighted by molar-refractivity contribution is 7.88. The van der Waals surface area contributed by atoms with E-state index >= 15 is 0 Å². The van der Waals surface area contributed by atoms with Crippen LogP contribution >= 0.6 is 0 Å². The van der Waals surface area contributed by atoms with Gasteiger partial charge in [-0.25, -0.2) is 8.42 Å². The fourth-order valence-electron chi connectivity index (χ4n) is 3.63. The summed E-state index contributed by atoms with van der Waals surface area (Å²) in [6, 6.07) is 7.51. The van der Waals surface area contributed by atoms with Gasteiger partial charge in [0.1, 0.15) is 18.1 Å². The van der Waals surface area contributed by atoms with E-state index in [4.69, 9.17) is 9.47 Å². The quantitative estimate of drug-likeness (QED) is 0.833. The molecule has 0 aromatic heterocycles. The number of hydrogen-bond donors (Lipinski definition) is 0. The van der Waals surface area contributed by atoms with E-state index in [0.717, 1.165) is 30.8 Å². The Morgan fingerprint density at radius 1 is 1.19 bits per heavy atom. The van der Waals surface area contributed by atoms with Crippen LogP contribution in [0.25, 0.3) is 0 Å². The molecule has 3 rings (SSSR count). The van der Waals surface area contributed by atoms with Gasteiger partial charge >= 0.3 is 0 Å². The number of rotatable bonds is 5. The molecular weight excluding hydrogens is 290 g/mol. The van der Waals surface area contributed by atoms with Crippen molar-refractivity contribution in [2.24, 2.45) is 5.92 Å². The Morgan fingerprint density at radius 2 is 1.86 bits per heavy atom. The molecule has 2 aliphatic rings. The summed E-state index contributed by atoms with van der Waals surface area (Å²) in [5.41, 5.74) is 0. The number of methoxy groups -OCH3 is 1. The van der Waals surface area contributed by atoms with E-state index in [9.17, 15) is 8.42 Å². The van der Waals surface area contributed by atoms with Crippen molar-refractivity contribution < 1.29 is 17.9 Å². The third kappa shape index (κ3) is 2.87. The van der Waals surface area contributed by atoms with Gasteiger partial charge in [0.25, 0.3) is 0 Å². The summed E-state index contributed by atoms with van der Waals surface area (Å²) in [5, 5.41) is 0. The molecule has 0 amide bonds.